The molecule has 4 rings (SSSR count). The molecule has 1 fully saturated rings. The summed E-state index contributed by atoms with van der Waals surface area (Å²) >= 11 is 0. The summed E-state index contributed by atoms with van der Waals surface area (Å²) in [6.45, 7) is 1.31. The zero-order valence-electron chi connectivity index (χ0n) is 15.7. The molecule has 1 N–H and O–H groups in total. The molecule has 144 valence electrons. The molecule has 2 aromatic carbocycles. The van der Waals surface area contributed by atoms with Crippen molar-refractivity contribution in [2.75, 3.05) is 13.1 Å². The number of aromatic nitrogens is 3. The number of amides is 1. The second-order valence-corrected chi connectivity index (χ2v) is 7.24. The Morgan fingerprint density at radius 1 is 1.07 bits per heavy atom. The molecule has 1 atom stereocenters. The van der Waals surface area contributed by atoms with E-state index in [0.29, 0.717) is 25.1 Å². The van der Waals surface area contributed by atoms with Gasteiger partial charge in [0.25, 0.3) is 5.91 Å². The highest BCUT2D eigenvalue weighted by molar-refractivity contribution is 5.97. The van der Waals surface area contributed by atoms with Crippen LogP contribution in [-0.2, 0) is 6.42 Å². The quantitative estimate of drug-likeness (QED) is 0.743. The average Bonchev–Trinajstić information content (AvgIpc) is 3.29. The van der Waals surface area contributed by atoms with Gasteiger partial charge >= 0.3 is 0 Å². The highest BCUT2D eigenvalue weighted by Gasteiger charge is 2.29. The lowest BCUT2D eigenvalue weighted by molar-refractivity contribution is 0.0467. The molecule has 1 aliphatic heterocycles. The summed E-state index contributed by atoms with van der Waals surface area (Å²) in [5.74, 6) is 0.219. The lowest BCUT2D eigenvalue weighted by atomic mass is 9.87. The Bertz CT molecular complexity index is 903. The Labute approximate surface area is 164 Å². The summed E-state index contributed by atoms with van der Waals surface area (Å²) < 4.78 is 1.61. The smallest absolute Gasteiger partial charge is 0.256 e. The molecule has 6 nitrogen and oxygen atoms in total. The normalized spacial score (nSPS) is 16.1. The second-order valence-electron chi connectivity index (χ2n) is 7.24. The van der Waals surface area contributed by atoms with Crippen molar-refractivity contribution in [3.05, 3.63) is 78.4 Å². The SMILES string of the molecule is O=C(c1ccccc1-n1cncn1)N1CCC([C@@H](O)Cc2ccccc2)CC1. The number of piperidine rings is 1. The number of para-hydroxylation sites is 1. The molecule has 6 heteroatoms. The Morgan fingerprint density at radius 3 is 2.50 bits per heavy atom. The van der Waals surface area contributed by atoms with Gasteiger partial charge in [-0.1, -0.05) is 42.5 Å². The van der Waals surface area contributed by atoms with E-state index in [9.17, 15) is 9.90 Å². The first kappa shape index (κ1) is 18.4. The minimum Gasteiger partial charge on any atom is -0.392 e. The number of carbonyl (C=O) groups excluding carboxylic acids is 1. The lowest BCUT2D eigenvalue weighted by Gasteiger charge is -2.34. The standard InChI is InChI=1S/C22H24N4O2/c27-21(14-17-6-2-1-3-7-17)18-10-12-25(13-11-18)22(28)19-8-4-5-9-20(19)26-16-23-15-24-26/h1-9,15-16,18,21,27H,10-14H2/t21-/m0/s1. The van der Waals surface area contributed by atoms with Gasteiger partial charge in [-0.25, -0.2) is 9.67 Å². The molecule has 1 aliphatic rings. The predicted molar refractivity (Wildman–Crippen MR) is 106 cm³/mol. The van der Waals surface area contributed by atoms with Crippen molar-refractivity contribution in [1.29, 1.82) is 0 Å². The first-order valence-electron chi connectivity index (χ1n) is 9.67. The van der Waals surface area contributed by atoms with E-state index in [0.717, 1.165) is 24.1 Å². The van der Waals surface area contributed by atoms with Crippen molar-refractivity contribution in [3.8, 4) is 5.69 Å². The van der Waals surface area contributed by atoms with Gasteiger partial charge in [-0.05, 0) is 42.9 Å². The highest BCUT2D eigenvalue weighted by atomic mass is 16.3. The number of benzene rings is 2. The molecule has 1 aromatic heterocycles. The highest BCUT2D eigenvalue weighted by Crippen LogP contribution is 2.25. The van der Waals surface area contributed by atoms with Gasteiger partial charge in [0.15, 0.2) is 0 Å². The third kappa shape index (κ3) is 3.97. The van der Waals surface area contributed by atoms with E-state index in [1.165, 1.54) is 6.33 Å². The molecular weight excluding hydrogens is 352 g/mol. The summed E-state index contributed by atoms with van der Waals surface area (Å²) in [4.78, 5) is 18.9. The Morgan fingerprint density at radius 2 is 1.79 bits per heavy atom. The van der Waals surface area contributed by atoms with Crippen LogP contribution in [0.1, 0.15) is 28.8 Å². The van der Waals surface area contributed by atoms with E-state index in [1.54, 1.807) is 11.0 Å². The van der Waals surface area contributed by atoms with Crippen LogP contribution in [0.5, 0.6) is 0 Å². The number of aliphatic hydroxyl groups excluding tert-OH is 1. The van der Waals surface area contributed by atoms with Gasteiger partial charge in [0.2, 0.25) is 0 Å². The molecule has 0 spiro atoms. The maximum atomic E-state index is 13.1. The van der Waals surface area contributed by atoms with E-state index >= 15 is 0 Å². The second kappa shape index (κ2) is 8.35. The largest absolute Gasteiger partial charge is 0.392 e. The van der Waals surface area contributed by atoms with E-state index in [-0.39, 0.29) is 17.9 Å². The van der Waals surface area contributed by atoms with Crippen molar-refractivity contribution in [3.63, 3.8) is 0 Å². The number of likely N-dealkylation sites (tertiary alicyclic amines) is 1. The molecule has 1 amide bonds. The zero-order chi connectivity index (χ0) is 19.3. The molecular formula is C22H24N4O2. The summed E-state index contributed by atoms with van der Waals surface area (Å²) in [5, 5.41) is 14.8. The molecule has 1 saturated heterocycles. The fourth-order valence-corrected chi connectivity index (χ4v) is 3.87. The van der Waals surface area contributed by atoms with Crippen molar-refractivity contribution >= 4 is 5.91 Å². The van der Waals surface area contributed by atoms with E-state index in [1.807, 2.05) is 59.5 Å². The molecule has 0 radical (unpaired) electrons. The Balaban J connectivity index is 1.40. The maximum Gasteiger partial charge on any atom is 0.256 e. The predicted octanol–water partition coefficient (Wildman–Crippen LogP) is 2.72. The minimum absolute atomic E-state index is 0.00194. The van der Waals surface area contributed by atoms with Crippen LogP contribution in [0.2, 0.25) is 0 Å². The topological polar surface area (TPSA) is 71.2 Å². The number of nitrogens with zero attached hydrogens (tertiary/aromatic N) is 4. The maximum absolute atomic E-state index is 13.1. The number of aliphatic hydroxyl groups is 1. The van der Waals surface area contributed by atoms with Crippen molar-refractivity contribution in [2.24, 2.45) is 5.92 Å². The first-order chi connectivity index (χ1) is 13.7. The van der Waals surface area contributed by atoms with Crippen LogP contribution in [0.3, 0.4) is 0 Å². The number of hydrogen-bond donors (Lipinski definition) is 1. The zero-order valence-corrected chi connectivity index (χ0v) is 15.7. The Hall–Kier alpha value is -2.99. The van der Waals surface area contributed by atoms with Gasteiger partial charge in [0, 0.05) is 13.1 Å². The summed E-state index contributed by atoms with van der Waals surface area (Å²) in [6.07, 6.45) is 4.96. The number of rotatable bonds is 5. The summed E-state index contributed by atoms with van der Waals surface area (Å²) in [6, 6.07) is 17.5. The Kier molecular flexibility index (Phi) is 5.48. The van der Waals surface area contributed by atoms with Gasteiger partial charge in [-0.15, -0.1) is 0 Å². The molecule has 28 heavy (non-hydrogen) atoms. The third-order valence-electron chi connectivity index (χ3n) is 5.46. The van der Waals surface area contributed by atoms with Crippen LogP contribution in [0.15, 0.2) is 67.3 Å². The van der Waals surface area contributed by atoms with E-state index in [4.69, 9.17) is 0 Å². The van der Waals surface area contributed by atoms with Gasteiger partial charge < -0.3 is 10.0 Å². The van der Waals surface area contributed by atoms with Crippen LogP contribution in [-0.4, -0.2) is 49.9 Å². The van der Waals surface area contributed by atoms with Crippen molar-refractivity contribution in [2.45, 2.75) is 25.4 Å². The molecule has 0 bridgehead atoms. The molecule has 2 heterocycles. The molecule has 3 aromatic rings. The molecule has 0 aliphatic carbocycles. The summed E-state index contributed by atoms with van der Waals surface area (Å²) in [7, 11) is 0. The van der Waals surface area contributed by atoms with Crippen LogP contribution in [0.4, 0.5) is 0 Å². The van der Waals surface area contributed by atoms with Crippen LogP contribution >= 0.6 is 0 Å². The van der Waals surface area contributed by atoms with E-state index in [2.05, 4.69) is 10.1 Å². The van der Waals surface area contributed by atoms with Gasteiger partial charge in [0.05, 0.1) is 17.4 Å². The first-order valence-corrected chi connectivity index (χ1v) is 9.67. The third-order valence-corrected chi connectivity index (χ3v) is 5.46. The summed E-state index contributed by atoms with van der Waals surface area (Å²) in [5.41, 5.74) is 2.50. The number of hydrogen-bond acceptors (Lipinski definition) is 4. The fourth-order valence-electron chi connectivity index (χ4n) is 3.87. The van der Waals surface area contributed by atoms with Gasteiger partial charge in [0.1, 0.15) is 12.7 Å². The monoisotopic (exact) mass is 376 g/mol. The van der Waals surface area contributed by atoms with E-state index < -0.39 is 0 Å². The van der Waals surface area contributed by atoms with Crippen LogP contribution < -0.4 is 0 Å². The fraction of sp³-hybridized carbons (Fsp3) is 0.318. The van der Waals surface area contributed by atoms with Crippen molar-refractivity contribution in [1.82, 2.24) is 19.7 Å². The number of carbonyl (C=O) groups is 1. The van der Waals surface area contributed by atoms with Crippen LogP contribution in [0.25, 0.3) is 5.69 Å². The van der Waals surface area contributed by atoms with Gasteiger partial charge in [-0.2, -0.15) is 5.10 Å². The van der Waals surface area contributed by atoms with Crippen molar-refractivity contribution < 1.29 is 9.90 Å². The molecule has 0 saturated carbocycles. The molecule has 0 unspecified atom stereocenters. The minimum atomic E-state index is -0.373. The lowest BCUT2D eigenvalue weighted by Crippen LogP contribution is -2.42. The van der Waals surface area contributed by atoms with Gasteiger partial charge in [-0.3, -0.25) is 4.79 Å². The van der Waals surface area contributed by atoms with Crippen LogP contribution in [0, 0.1) is 5.92 Å². The average molecular weight is 376 g/mol.